The molecular formula is C14H25N3O4. The van der Waals surface area contributed by atoms with Crippen molar-refractivity contribution in [3.05, 3.63) is 0 Å². The van der Waals surface area contributed by atoms with Gasteiger partial charge in [-0.25, -0.2) is 0 Å². The van der Waals surface area contributed by atoms with Crippen LogP contribution in [0.1, 0.15) is 13.3 Å². The first-order valence-corrected chi connectivity index (χ1v) is 7.66. The molecule has 0 aliphatic carbocycles. The van der Waals surface area contributed by atoms with Gasteiger partial charge >= 0.3 is 5.97 Å². The Labute approximate surface area is 125 Å². The van der Waals surface area contributed by atoms with Crippen LogP contribution in [0.5, 0.6) is 0 Å². The molecule has 2 unspecified atom stereocenters. The number of nitrogens with zero attached hydrogens (tertiary/aromatic N) is 2. The third kappa shape index (κ3) is 4.39. The van der Waals surface area contributed by atoms with Crippen LogP contribution in [0.4, 0.5) is 0 Å². The van der Waals surface area contributed by atoms with E-state index in [1.54, 1.807) is 0 Å². The molecule has 1 amide bonds. The molecule has 0 aromatic rings. The second kappa shape index (κ2) is 7.72. The molecule has 2 aliphatic rings. The van der Waals surface area contributed by atoms with Crippen LogP contribution in [0, 0.1) is 5.92 Å². The number of carbonyl (C=O) groups is 2. The normalized spacial score (nSPS) is 27.6. The SMILES string of the molecule is CCNC1COCC1C(=O)N1CCCN(CC(=O)O)CC1. The molecule has 2 fully saturated rings. The molecule has 0 bridgehead atoms. The van der Waals surface area contributed by atoms with E-state index in [0.717, 1.165) is 19.5 Å². The summed E-state index contributed by atoms with van der Waals surface area (Å²) in [7, 11) is 0. The molecule has 0 aromatic carbocycles. The van der Waals surface area contributed by atoms with Gasteiger partial charge in [-0.1, -0.05) is 6.92 Å². The third-order valence-electron chi connectivity index (χ3n) is 4.12. The number of aliphatic carboxylic acids is 1. The number of likely N-dealkylation sites (N-methyl/N-ethyl adjacent to an activating group) is 1. The summed E-state index contributed by atoms with van der Waals surface area (Å²) >= 11 is 0. The van der Waals surface area contributed by atoms with Gasteiger partial charge in [-0.05, 0) is 13.0 Å². The second-order valence-corrected chi connectivity index (χ2v) is 5.66. The molecular weight excluding hydrogens is 274 g/mol. The Hall–Kier alpha value is -1.18. The van der Waals surface area contributed by atoms with Crippen LogP contribution < -0.4 is 5.32 Å². The van der Waals surface area contributed by atoms with Crippen molar-refractivity contribution in [2.45, 2.75) is 19.4 Å². The van der Waals surface area contributed by atoms with E-state index >= 15 is 0 Å². The van der Waals surface area contributed by atoms with Gasteiger partial charge in [-0.2, -0.15) is 0 Å². The second-order valence-electron chi connectivity index (χ2n) is 5.66. The summed E-state index contributed by atoms with van der Waals surface area (Å²) in [6.07, 6.45) is 0.818. The zero-order chi connectivity index (χ0) is 15.2. The Balaban J connectivity index is 1.89. The van der Waals surface area contributed by atoms with Gasteiger partial charge < -0.3 is 20.1 Å². The minimum absolute atomic E-state index is 0.0502. The molecule has 2 saturated heterocycles. The molecule has 120 valence electrons. The van der Waals surface area contributed by atoms with Crippen molar-refractivity contribution in [3.63, 3.8) is 0 Å². The fourth-order valence-corrected chi connectivity index (χ4v) is 3.04. The van der Waals surface area contributed by atoms with Crippen molar-refractivity contribution in [3.8, 4) is 0 Å². The lowest BCUT2D eigenvalue weighted by Crippen LogP contribution is -2.46. The summed E-state index contributed by atoms with van der Waals surface area (Å²) in [6, 6.07) is 0.0980. The largest absolute Gasteiger partial charge is 0.480 e. The number of hydrogen-bond donors (Lipinski definition) is 2. The summed E-state index contributed by atoms with van der Waals surface area (Å²) < 4.78 is 5.44. The van der Waals surface area contributed by atoms with Gasteiger partial charge in [0.15, 0.2) is 0 Å². The fourth-order valence-electron chi connectivity index (χ4n) is 3.04. The van der Waals surface area contributed by atoms with Crippen LogP contribution >= 0.6 is 0 Å². The topological polar surface area (TPSA) is 82.1 Å². The van der Waals surface area contributed by atoms with Crippen molar-refractivity contribution in [2.24, 2.45) is 5.92 Å². The van der Waals surface area contributed by atoms with E-state index in [2.05, 4.69) is 5.32 Å². The minimum atomic E-state index is -0.814. The zero-order valence-corrected chi connectivity index (χ0v) is 12.6. The lowest BCUT2D eigenvalue weighted by atomic mass is 10.0. The molecule has 7 heteroatoms. The van der Waals surface area contributed by atoms with Crippen LogP contribution in [0.25, 0.3) is 0 Å². The fraction of sp³-hybridized carbons (Fsp3) is 0.857. The summed E-state index contributed by atoms with van der Waals surface area (Å²) in [5.74, 6) is -0.794. The summed E-state index contributed by atoms with van der Waals surface area (Å²) in [6.45, 7) is 6.61. The Bertz CT molecular complexity index is 377. The third-order valence-corrected chi connectivity index (χ3v) is 4.12. The molecule has 0 aromatic heterocycles. The number of carboxylic acids is 1. The molecule has 2 atom stereocenters. The highest BCUT2D eigenvalue weighted by Gasteiger charge is 2.36. The van der Waals surface area contributed by atoms with Gasteiger partial charge in [0.25, 0.3) is 0 Å². The van der Waals surface area contributed by atoms with Crippen LogP contribution in [0.2, 0.25) is 0 Å². The van der Waals surface area contributed by atoms with E-state index < -0.39 is 5.97 Å². The maximum atomic E-state index is 12.6. The van der Waals surface area contributed by atoms with Gasteiger partial charge in [0.2, 0.25) is 5.91 Å². The molecule has 2 rings (SSSR count). The van der Waals surface area contributed by atoms with E-state index in [1.165, 1.54) is 0 Å². The van der Waals surface area contributed by atoms with E-state index in [-0.39, 0.29) is 24.4 Å². The quantitative estimate of drug-likeness (QED) is 0.694. The first kappa shape index (κ1) is 16.2. The van der Waals surface area contributed by atoms with E-state index in [1.807, 2.05) is 16.7 Å². The monoisotopic (exact) mass is 299 g/mol. The lowest BCUT2D eigenvalue weighted by Gasteiger charge is -2.26. The molecule has 21 heavy (non-hydrogen) atoms. The Morgan fingerprint density at radius 2 is 2.05 bits per heavy atom. The van der Waals surface area contributed by atoms with Crippen LogP contribution in [-0.4, -0.2) is 85.3 Å². The van der Waals surface area contributed by atoms with Gasteiger partial charge in [0.05, 0.1) is 25.7 Å². The zero-order valence-electron chi connectivity index (χ0n) is 12.6. The average molecular weight is 299 g/mol. The summed E-state index contributed by atoms with van der Waals surface area (Å²) in [5, 5.41) is 12.2. The number of carbonyl (C=O) groups excluding carboxylic acids is 1. The predicted octanol–water partition coefficient (Wildman–Crippen LogP) is -0.770. The minimum Gasteiger partial charge on any atom is -0.480 e. The highest BCUT2D eigenvalue weighted by atomic mass is 16.5. The van der Waals surface area contributed by atoms with Crippen molar-refractivity contribution in [1.82, 2.24) is 15.1 Å². The maximum absolute atomic E-state index is 12.6. The molecule has 7 nitrogen and oxygen atoms in total. The lowest BCUT2D eigenvalue weighted by molar-refractivity contribution is -0.138. The summed E-state index contributed by atoms with van der Waals surface area (Å²) in [4.78, 5) is 27.2. The number of carboxylic acid groups (broad SMARTS) is 1. The Morgan fingerprint density at radius 3 is 2.76 bits per heavy atom. The molecule has 2 heterocycles. The van der Waals surface area contributed by atoms with Crippen LogP contribution in [0.3, 0.4) is 0 Å². The smallest absolute Gasteiger partial charge is 0.317 e. The van der Waals surface area contributed by atoms with E-state index in [0.29, 0.717) is 32.8 Å². The van der Waals surface area contributed by atoms with Crippen molar-refractivity contribution in [1.29, 1.82) is 0 Å². The molecule has 2 aliphatic heterocycles. The summed E-state index contributed by atoms with van der Waals surface area (Å²) in [5.41, 5.74) is 0. The Kier molecular flexibility index (Phi) is 5.96. The average Bonchev–Trinajstić information content (AvgIpc) is 2.77. The van der Waals surface area contributed by atoms with Crippen LogP contribution in [0.15, 0.2) is 0 Å². The first-order chi connectivity index (χ1) is 10.1. The first-order valence-electron chi connectivity index (χ1n) is 7.66. The van der Waals surface area contributed by atoms with E-state index in [4.69, 9.17) is 9.84 Å². The number of amides is 1. The van der Waals surface area contributed by atoms with Gasteiger partial charge in [0, 0.05) is 32.2 Å². The highest BCUT2D eigenvalue weighted by molar-refractivity contribution is 5.80. The highest BCUT2D eigenvalue weighted by Crippen LogP contribution is 2.18. The number of nitrogens with one attached hydrogen (secondary N) is 1. The molecule has 0 spiro atoms. The predicted molar refractivity (Wildman–Crippen MR) is 77.0 cm³/mol. The molecule has 2 N–H and O–H groups in total. The Morgan fingerprint density at radius 1 is 1.24 bits per heavy atom. The van der Waals surface area contributed by atoms with Crippen LogP contribution in [-0.2, 0) is 14.3 Å². The standard InChI is InChI=1S/C14H25N3O4/c1-2-15-12-10-21-9-11(12)14(20)17-5-3-4-16(6-7-17)8-13(18)19/h11-12,15H,2-10H2,1H3,(H,18,19). The van der Waals surface area contributed by atoms with Crippen molar-refractivity contribution in [2.75, 3.05) is 52.5 Å². The number of ether oxygens (including phenoxy) is 1. The number of rotatable bonds is 5. The maximum Gasteiger partial charge on any atom is 0.317 e. The number of hydrogen-bond acceptors (Lipinski definition) is 5. The van der Waals surface area contributed by atoms with Gasteiger partial charge in [0.1, 0.15) is 0 Å². The van der Waals surface area contributed by atoms with E-state index in [9.17, 15) is 9.59 Å². The van der Waals surface area contributed by atoms with Gasteiger partial charge in [-0.3, -0.25) is 14.5 Å². The molecule has 0 radical (unpaired) electrons. The van der Waals surface area contributed by atoms with Crippen molar-refractivity contribution < 1.29 is 19.4 Å². The molecule has 0 saturated carbocycles. The van der Waals surface area contributed by atoms with Crippen molar-refractivity contribution >= 4 is 11.9 Å². The van der Waals surface area contributed by atoms with Gasteiger partial charge in [-0.15, -0.1) is 0 Å².